The molecule has 18 heavy (non-hydrogen) atoms. The van der Waals surface area contributed by atoms with E-state index in [2.05, 4.69) is 0 Å². The lowest BCUT2D eigenvalue weighted by atomic mass is 9.95. The molecule has 0 fully saturated rings. The fourth-order valence-electron chi connectivity index (χ4n) is 2.41. The van der Waals surface area contributed by atoms with Gasteiger partial charge < -0.3 is 14.4 Å². The highest BCUT2D eigenvalue weighted by atomic mass is 16.7. The van der Waals surface area contributed by atoms with Gasteiger partial charge in [0.05, 0.1) is 0 Å². The molecule has 4 nitrogen and oxygen atoms in total. The fourth-order valence-corrected chi connectivity index (χ4v) is 2.41. The first-order valence-electron chi connectivity index (χ1n) is 6.16. The SMILES string of the molecule is CC(C)(C)C(=O)N1Cc2cc3c(cc2C1)OCO3. The molecule has 4 heteroatoms. The molecular weight excluding hydrogens is 230 g/mol. The third-order valence-corrected chi connectivity index (χ3v) is 3.35. The summed E-state index contributed by atoms with van der Waals surface area (Å²) in [6, 6.07) is 3.99. The maximum absolute atomic E-state index is 12.3. The van der Waals surface area contributed by atoms with Crippen molar-refractivity contribution in [2.75, 3.05) is 6.79 Å². The number of carbonyl (C=O) groups excluding carboxylic acids is 1. The van der Waals surface area contributed by atoms with E-state index in [1.54, 1.807) is 0 Å². The Morgan fingerprint density at radius 3 is 2.06 bits per heavy atom. The molecule has 0 unspecified atom stereocenters. The number of carbonyl (C=O) groups is 1. The van der Waals surface area contributed by atoms with Crippen molar-refractivity contribution in [3.63, 3.8) is 0 Å². The Balaban J connectivity index is 1.86. The van der Waals surface area contributed by atoms with E-state index >= 15 is 0 Å². The minimum absolute atomic E-state index is 0.181. The Labute approximate surface area is 106 Å². The highest BCUT2D eigenvalue weighted by Gasteiger charge is 2.32. The first-order valence-corrected chi connectivity index (χ1v) is 6.16. The average Bonchev–Trinajstić information content (AvgIpc) is 2.87. The number of fused-ring (bicyclic) bond motifs is 2. The number of nitrogens with zero attached hydrogens (tertiary/aromatic N) is 1. The van der Waals surface area contributed by atoms with Crippen molar-refractivity contribution in [2.24, 2.45) is 5.41 Å². The molecule has 2 heterocycles. The molecule has 0 aliphatic carbocycles. The van der Waals surface area contributed by atoms with Gasteiger partial charge in [-0.1, -0.05) is 20.8 Å². The summed E-state index contributed by atoms with van der Waals surface area (Å²) in [5.41, 5.74) is 1.99. The molecule has 0 saturated heterocycles. The van der Waals surface area contributed by atoms with Crippen molar-refractivity contribution >= 4 is 5.91 Å². The molecule has 0 atom stereocenters. The van der Waals surface area contributed by atoms with E-state index in [1.807, 2.05) is 37.8 Å². The Morgan fingerprint density at radius 2 is 1.61 bits per heavy atom. The third-order valence-electron chi connectivity index (χ3n) is 3.35. The molecule has 96 valence electrons. The molecule has 0 spiro atoms. The van der Waals surface area contributed by atoms with Gasteiger partial charge in [0.1, 0.15) is 0 Å². The predicted octanol–water partition coefficient (Wildman–Crippen LogP) is 2.30. The molecule has 0 bridgehead atoms. The number of amides is 1. The van der Waals surface area contributed by atoms with Crippen LogP contribution in [0.15, 0.2) is 12.1 Å². The van der Waals surface area contributed by atoms with Gasteiger partial charge in [-0.2, -0.15) is 0 Å². The summed E-state index contributed by atoms with van der Waals surface area (Å²) in [4.78, 5) is 14.1. The lowest BCUT2D eigenvalue weighted by molar-refractivity contribution is -0.140. The molecule has 3 rings (SSSR count). The Kier molecular flexibility index (Phi) is 2.30. The summed E-state index contributed by atoms with van der Waals surface area (Å²) in [6.07, 6.45) is 0. The van der Waals surface area contributed by atoms with E-state index in [4.69, 9.17) is 9.47 Å². The van der Waals surface area contributed by atoms with E-state index in [0.29, 0.717) is 19.9 Å². The van der Waals surface area contributed by atoms with Gasteiger partial charge in [0.25, 0.3) is 0 Å². The van der Waals surface area contributed by atoms with E-state index < -0.39 is 0 Å². The zero-order chi connectivity index (χ0) is 12.9. The van der Waals surface area contributed by atoms with Crippen LogP contribution < -0.4 is 9.47 Å². The van der Waals surface area contributed by atoms with Crippen LogP contribution in [0, 0.1) is 5.41 Å². The van der Waals surface area contributed by atoms with Crippen LogP contribution in [-0.4, -0.2) is 17.6 Å². The van der Waals surface area contributed by atoms with Crippen molar-refractivity contribution in [3.8, 4) is 11.5 Å². The molecule has 0 aromatic heterocycles. The average molecular weight is 247 g/mol. The zero-order valence-electron chi connectivity index (χ0n) is 10.9. The van der Waals surface area contributed by atoms with Gasteiger partial charge in [-0.3, -0.25) is 4.79 Å². The molecule has 1 amide bonds. The van der Waals surface area contributed by atoms with Crippen LogP contribution in [-0.2, 0) is 17.9 Å². The number of ether oxygens (including phenoxy) is 2. The molecule has 2 aliphatic heterocycles. The molecule has 1 aromatic rings. The topological polar surface area (TPSA) is 38.8 Å². The van der Waals surface area contributed by atoms with Crippen LogP contribution in [0.25, 0.3) is 0 Å². The van der Waals surface area contributed by atoms with E-state index in [-0.39, 0.29) is 11.3 Å². The number of rotatable bonds is 0. The number of hydrogen-bond donors (Lipinski definition) is 0. The van der Waals surface area contributed by atoms with Crippen molar-refractivity contribution in [1.29, 1.82) is 0 Å². The summed E-state index contributed by atoms with van der Waals surface area (Å²) >= 11 is 0. The van der Waals surface area contributed by atoms with Crippen molar-refractivity contribution in [1.82, 2.24) is 4.90 Å². The molecule has 2 aliphatic rings. The smallest absolute Gasteiger partial charge is 0.231 e. The van der Waals surface area contributed by atoms with E-state index in [1.165, 1.54) is 0 Å². The third kappa shape index (κ3) is 1.72. The van der Waals surface area contributed by atoms with Crippen molar-refractivity contribution < 1.29 is 14.3 Å². The predicted molar refractivity (Wildman–Crippen MR) is 66.3 cm³/mol. The molecule has 0 radical (unpaired) electrons. The first-order chi connectivity index (χ1) is 8.45. The summed E-state index contributed by atoms with van der Waals surface area (Å²) in [5.74, 6) is 1.76. The van der Waals surface area contributed by atoms with Gasteiger partial charge in [0.15, 0.2) is 11.5 Å². The fraction of sp³-hybridized carbons (Fsp3) is 0.500. The van der Waals surface area contributed by atoms with Crippen molar-refractivity contribution in [3.05, 3.63) is 23.3 Å². The highest BCUT2D eigenvalue weighted by molar-refractivity contribution is 5.82. The van der Waals surface area contributed by atoms with Gasteiger partial charge in [0.2, 0.25) is 12.7 Å². The van der Waals surface area contributed by atoms with Gasteiger partial charge >= 0.3 is 0 Å². The monoisotopic (exact) mass is 247 g/mol. The Morgan fingerprint density at radius 1 is 1.11 bits per heavy atom. The molecule has 0 saturated carbocycles. The summed E-state index contributed by atoms with van der Waals surface area (Å²) in [6.45, 7) is 7.48. The second kappa shape index (κ2) is 3.64. The normalized spacial score (nSPS) is 16.9. The lowest BCUT2D eigenvalue weighted by Gasteiger charge is -2.25. The molecule has 1 aromatic carbocycles. The summed E-state index contributed by atoms with van der Waals surface area (Å²) < 4.78 is 10.7. The maximum atomic E-state index is 12.3. The summed E-state index contributed by atoms with van der Waals surface area (Å²) in [7, 11) is 0. The molecule has 0 N–H and O–H groups in total. The van der Waals surface area contributed by atoms with Crippen LogP contribution >= 0.6 is 0 Å². The number of hydrogen-bond acceptors (Lipinski definition) is 3. The van der Waals surface area contributed by atoms with Crippen molar-refractivity contribution in [2.45, 2.75) is 33.9 Å². The van der Waals surface area contributed by atoms with Gasteiger partial charge in [-0.15, -0.1) is 0 Å². The largest absolute Gasteiger partial charge is 0.454 e. The maximum Gasteiger partial charge on any atom is 0.231 e. The minimum Gasteiger partial charge on any atom is -0.454 e. The van der Waals surface area contributed by atoms with Crippen LogP contribution in [0.4, 0.5) is 0 Å². The Bertz CT molecular complexity index is 484. The van der Waals surface area contributed by atoms with E-state index in [0.717, 1.165) is 22.6 Å². The standard InChI is InChI=1S/C14H17NO3/c1-14(2,3)13(16)15-6-9-4-11-12(18-8-17-11)5-10(9)7-15/h4-5H,6-8H2,1-3H3. The quantitative estimate of drug-likeness (QED) is 0.706. The van der Waals surface area contributed by atoms with Crippen LogP contribution in [0.2, 0.25) is 0 Å². The summed E-state index contributed by atoms with van der Waals surface area (Å²) in [5, 5.41) is 0. The first kappa shape index (κ1) is 11.4. The minimum atomic E-state index is -0.336. The number of benzene rings is 1. The van der Waals surface area contributed by atoms with Crippen LogP contribution in [0.5, 0.6) is 11.5 Å². The Hall–Kier alpha value is -1.71. The van der Waals surface area contributed by atoms with Gasteiger partial charge in [-0.25, -0.2) is 0 Å². The molecular formula is C14H17NO3. The van der Waals surface area contributed by atoms with Crippen LogP contribution in [0.3, 0.4) is 0 Å². The zero-order valence-corrected chi connectivity index (χ0v) is 10.9. The van der Waals surface area contributed by atoms with Gasteiger partial charge in [-0.05, 0) is 23.3 Å². The van der Waals surface area contributed by atoms with E-state index in [9.17, 15) is 4.79 Å². The van der Waals surface area contributed by atoms with Crippen LogP contribution in [0.1, 0.15) is 31.9 Å². The second-order valence-electron chi connectivity index (χ2n) is 5.89. The van der Waals surface area contributed by atoms with Gasteiger partial charge in [0, 0.05) is 18.5 Å². The second-order valence-corrected chi connectivity index (χ2v) is 5.89. The lowest BCUT2D eigenvalue weighted by Crippen LogP contribution is -2.35. The highest BCUT2D eigenvalue weighted by Crippen LogP contribution is 2.38.